The van der Waals surface area contributed by atoms with Gasteiger partial charge in [0.05, 0.1) is 0 Å². The third kappa shape index (κ3) is 3.89. The standard InChI is InChI=1S/C15H19.2ClH.Zr/c1-5-11(3)13-7-6-12(4)14-8-10(2)9-15(13)14;;;/h6-9,11H,5H2,1-4H3;2*1H;/q-1;;;+2/p-2. The van der Waals surface area contributed by atoms with Crippen LogP contribution in [-0.4, -0.2) is 0 Å². The molecule has 1 atom stereocenters. The average molecular weight is 361 g/mol. The monoisotopic (exact) mass is 359 g/mol. The molecule has 0 saturated heterocycles. The van der Waals surface area contributed by atoms with Gasteiger partial charge in [0.25, 0.3) is 0 Å². The van der Waals surface area contributed by atoms with Crippen molar-refractivity contribution in [3.05, 3.63) is 41.0 Å². The van der Waals surface area contributed by atoms with E-state index >= 15 is 0 Å². The molecule has 0 nitrogen and oxygen atoms in total. The molecule has 0 saturated carbocycles. The predicted octanol–water partition coefficient (Wildman–Crippen LogP) is 6.07. The van der Waals surface area contributed by atoms with Gasteiger partial charge < -0.3 is 0 Å². The van der Waals surface area contributed by atoms with Crippen LogP contribution in [0.5, 0.6) is 0 Å². The first kappa shape index (κ1) is 16.3. The van der Waals surface area contributed by atoms with Gasteiger partial charge in [0.2, 0.25) is 0 Å². The maximum atomic E-state index is 4.93. The number of halogens is 2. The van der Waals surface area contributed by atoms with E-state index in [1.807, 2.05) is 0 Å². The Bertz CT molecular complexity index is 502. The first-order valence-electron chi connectivity index (χ1n) is 6.17. The SMILES string of the molecule is CCC(C)c1ccc(C)c2[cH-]c(C)cc12.[Cl][Zr][Cl]. The quantitative estimate of drug-likeness (QED) is 0.570. The Morgan fingerprint density at radius 2 is 1.89 bits per heavy atom. The Morgan fingerprint density at radius 3 is 2.44 bits per heavy atom. The van der Waals surface area contributed by atoms with Crippen LogP contribution in [0.1, 0.15) is 42.9 Å². The van der Waals surface area contributed by atoms with E-state index in [0.29, 0.717) is 5.92 Å². The Hall–Kier alpha value is 0.293. The maximum absolute atomic E-state index is 4.93. The summed E-state index contributed by atoms with van der Waals surface area (Å²) >= 11 is -0.826. The van der Waals surface area contributed by atoms with Gasteiger partial charge in [0, 0.05) is 0 Å². The van der Waals surface area contributed by atoms with Gasteiger partial charge in [-0.1, -0.05) is 45.7 Å². The third-order valence-electron chi connectivity index (χ3n) is 3.43. The van der Waals surface area contributed by atoms with Crippen LogP contribution in [0, 0.1) is 13.8 Å². The Kier molecular flexibility index (Phi) is 7.06. The van der Waals surface area contributed by atoms with Gasteiger partial charge in [-0.3, -0.25) is 0 Å². The molecule has 2 rings (SSSR count). The van der Waals surface area contributed by atoms with Crippen LogP contribution in [-0.2, 0) is 20.8 Å². The minimum absolute atomic E-state index is 0.662. The number of rotatable bonds is 2. The van der Waals surface area contributed by atoms with E-state index in [4.69, 9.17) is 17.0 Å². The van der Waals surface area contributed by atoms with Crippen LogP contribution in [0.2, 0.25) is 0 Å². The second-order valence-corrected chi connectivity index (χ2v) is 8.44. The summed E-state index contributed by atoms with van der Waals surface area (Å²) in [5.74, 6) is 0.662. The summed E-state index contributed by atoms with van der Waals surface area (Å²) in [5.41, 5.74) is 4.28. The summed E-state index contributed by atoms with van der Waals surface area (Å²) in [7, 11) is 9.87. The molecule has 0 aromatic heterocycles. The fraction of sp³-hybridized carbons (Fsp3) is 0.400. The van der Waals surface area contributed by atoms with Crippen LogP contribution in [0.3, 0.4) is 0 Å². The van der Waals surface area contributed by atoms with E-state index in [1.165, 1.54) is 33.9 Å². The fourth-order valence-electron chi connectivity index (χ4n) is 2.26. The van der Waals surface area contributed by atoms with Gasteiger partial charge in [-0.25, -0.2) is 0 Å². The van der Waals surface area contributed by atoms with Gasteiger partial charge in [-0.05, 0) is 5.92 Å². The third-order valence-corrected chi connectivity index (χ3v) is 3.43. The van der Waals surface area contributed by atoms with E-state index in [-0.39, 0.29) is 0 Å². The molecule has 2 aromatic rings. The molecule has 0 heterocycles. The van der Waals surface area contributed by atoms with Crippen molar-refractivity contribution in [1.29, 1.82) is 0 Å². The molecule has 1 unspecified atom stereocenters. The molecule has 0 radical (unpaired) electrons. The first-order chi connectivity index (χ1) is 8.54. The number of aryl methyl sites for hydroxylation is 2. The second kappa shape index (κ2) is 7.78. The van der Waals surface area contributed by atoms with Crippen LogP contribution in [0.4, 0.5) is 0 Å². The summed E-state index contributed by atoms with van der Waals surface area (Å²) in [5, 5.41) is 2.90. The van der Waals surface area contributed by atoms with Crippen molar-refractivity contribution in [2.45, 2.75) is 40.0 Å². The van der Waals surface area contributed by atoms with Crippen molar-refractivity contribution in [2.75, 3.05) is 0 Å². The normalized spacial score (nSPS) is 11.9. The van der Waals surface area contributed by atoms with Gasteiger partial charge in [-0.2, -0.15) is 6.07 Å². The van der Waals surface area contributed by atoms with Crippen LogP contribution in [0.25, 0.3) is 10.8 Å². The summed E-state index contributed by atoms with van der Waals surface area (Å²) in [6, 6.07) is 9.18. The van der Waals surface area contributed by atoms with Gasteiger partial charge in [0.15, 0.2) is 0 Å². The topological polar surface area (TPSA) is 0 Å². The van der Waals surface area contributed by atoms with Crippen LogP contribution in [0.15, 0.2) is 24.3 Å². The number of hydrogen-bond acceptors (Lipinski definition) is 0. The minimum atomic E-state index is -0.826. The van der Waals surface area contributed by atoms with Crippen molar-refractivity contribution < 1.29 is 20.8 Å². The zero-order chi connectivity index (χ0) is 13.7. The molecule has 0 spiro atoms. The first-order valence-corrected chi connectivity index (χ1v) is 12.5. The average Bonchev–Trinajstić information content (AvgIpc) is 2.72. The fourth-order valence-corrected chi connectivity index (χ4v) is 2.26. The summed E-state index contributed by atoms with van der Waals surface area (Å²) < 4.78 is 0. The summed E-state index contributed by atoms with van der Waals surface area (Å²) in [4.78, 5) is 0. The molecular formula is C15H19Cl2Zr-. The van der Waals surface area contributed by atoms with Crippen LogP contribution >= 0.6 is 17.0 Å². The van der Waals surface area contributed by atoms with E-state index in [2.05, 4.69) is 52.0 Å². The van der Waals surface area contributed by atoms with E-state index in [1.54, 1.807) is 0 Å². The molecule has 0 aliphatic carbocycles. The number of benzene rings is 1. The molecule has 0 aliphatic rings. The number of hydrogen-bond donors (Lipinski definition) is 0. The molecule has 0 bridgehead atoms. The van der Waals surface area contributed by atoms with Gasteiger partial charge in [-0.15, -0.1) is 34.0 Å². The molecule has 18 heavy (non-hydrogen) atoms. The molecule has 0 amide bonds. The zero-order valence-electron chi connectivity index (χ0n) is 11.3. The molecule has 98 valence electrons. The van der Waals surface area contributed by atoms with E-state index in [9.17, 15) is 0 Å². The van der Waals surface area contributed by atoms with Crippen molar-refractivity contribution in [1.82, 2.24) is 0 Å². The van der Waals surface area contributed by atoms with Gasteiger partial charge in [0.1, 0.15) is 0 Å². The zero-order valence-corrected chi connectivity index (χ0v) is 15.3. The van der Waals surface area contributed by atoms with Gasteiger partial charge >= 0.3 is 37.9 Å². The predicted molar refractivity (Wildman–Crippen MR) is 79.4 cm³/mol. The van der Waals surface area contributed by atoms with E-state index in [0.717, 1.165) is 0 Å². The number of fused-ring (bicyclic) bond motifs is 1. The molecular weight excluding hydrogens is 342 g/mol. The van der Waals surface area contributed by atoms with Crippen LogP contribution < -0.4 is 0 Å². The Balaban J connectivity index is 0.000000492. The molecule has 0 aliphatic heterocycles. The van der Waals surface area contributed by atoms with Crippen molar-refractivity contribution in [3.8, 4) is 0 Å². The molecule has 0 fully saturated rings. The van der Waals surface area contributed by atoms with Crippen molar-refractivity contribution in [2.24, 2.45) is 0 Å². The summed E-state index contributed by atoms with van der Waals surface area (Å²) in [6.45, 7) is 8.95. The molecule has 0 N–H and O–H groups in total. The second-order valence-electron chi connectivity index (χ2n) is 4.71. The Labute approximate surface area is 129 Å². The van der Waals surface area contributed by atoms with E-state index < -0.39 is 20.8 Å². The molecule has 3 heteroatoms. The molecule has 2 aromatic carbocycles. The van der Waals surface area contributed by atoms with Crippen molar-refractivity contribution >= 4 is 27.8 Å². The summed E-state index contributed by atoms with van der Waals surface area (Å²) in [6.07, 6.45) is 1.21. The van der Waals surface area contributed by atoms with Crippen molar-refractivity contribution in [3.63, 3.8) is 0 Å². The Morgan fingerprint density at radius 1 is 1.28 bits per heavy atom.